The van der Waals surface area contributed by atoms with E-state index < -0.39 is 0 Å². The van der Waals surface area contributed by atoms with Gasteiger partial charge >= 0.3 is 0 Å². The molecule has 0 aromatic carbocycles. The van der Waals surface area contributed by atoms with Gasteiger partial charge in [-0.2, -0.15) is 0 Å². The second kappa shape index (κ2) is 5.35. The molecule has 0 amide bonds. The van der Waals surface area contributed by atoms with Crippen LogP contribution < -0.4 is 0 Å². The van der Waals surface area contributed by atoms with Crippen molar-refractivity contribution in [1.82, 2.24) is 4.90 Å². The molecule has 1 heterocycles. The molecule has 3 nitrogen and oxygen atoms in total. The number of carbonyl (C=O) groups excluding carboxylic acids is 1. The van der Waals surface area contributed by atoms with E-state index >= 15 is 0 Å². The lowest BCUT2D eigenvalue weighted by atomic mass is 9.98. The van der Waals surface area contributed by atoms with Crippen molar-refractivity contribution in [3.05, 3.63) is 0 Å². The average Bonchev–Trinajstić information content (AvgIpc) is 2.19. The van der Waals surface area contributed by atoms with Crippen LogP contribution in [0.1, 0.15) is 19.8 Å². The second-order valence-electron chi connectivity index (χ2n) is 3.82. The quantitative estimate of drug-likeness (QED) is 0.610. The molecule has 1 rings (SSSR count). The molecule has 0 aliphatic carbocycles. The summed E-state index contributed by atoms with van der Waals surface area (Å²) >= 11 is 0. The van der Waals surface area contributed by atoms with Crippen LogP contribution in [0.3, 0.4) is 0 Å². The standard InChI is InChI=1S/C10H19NO2/c1-9(13-2)7-11-5-3-10(8-12)4-6-11/h8-10H,3-7H2,1-2H3. The van der Waals surface area contributed by atoms with Crippen LogP contribution in [0.25, 0.3) is 0 Å². The molecule has 1 atom stereocenters. The van der Waals surface area contributed by atoms with Crippen molar-refractivity contribution < 1.29 is 9.53 Å². The number of hydrogen-bond acceptors (Lipinski definition) is 3. The third-order valence-corrected chi connectivity index (χ3v) is 2.74. The molecule has 0 aromatic rings. The van der Waals surface area contributed by atoms with Gasteiger partial charge in [-0.15, -0.1) is 0 Å². The van der Waals surface area contributed by atoms with Crippen LogP contribution in [0.2, 0.25) is 0 Å². The van der Waals surface area contributed by atoms with E-state index in [2.05, 4.69) is 11.8 Å². The summed E-state index contributed by atoms with van der Waals surface area (Å²) in [7, 11) is 1.74. The first-order valence-corrected chi connectivity index (χ1v) is 4.96. The molecule has 1 saturated heterocycles. The molecule has 0 aromatic heterocycles. The number of aldehydes is 1. The summed E-state index contributed by atoms with van der Waals surface area (Å²) in [6.45, 7) is 5.14. The Bertz CT molecular complexity index is 153. The summed E-state index contributed by atoms with van der Waals surface area (Å²) in [6, 6.07) is 0. The van der Waals surface area contributed by atoms with Gasteiger partial charge in [-0.05, 0) is 32.9 Å². The number of hydrogen-bond donors (Lipinski definition) is 0. The van der Waals surface area contributed by atoms with Gasteiger partial charge in [-0.25, -0.2) is 0 Å². The van der Waals surface area contributed by atoms with Crippen molar-refractivity contribution in [3.8, 4) is 0 Å². The van der Waals surface area contributed by atoms with Crippen molar-refractivity contribution in [3.63, 3.8) is 0 Å². The summed E-state index contributed by atoms with van der Waals surface area (Å²) in [4.78, 5) is 12.9. The summed E-state index contributed by atoms with van der Waals surface area (Å²) in [5.74, 6) is 0.300. The summed E-state index contributed by atoms with van der Waals surface area (Å²) in [5, 5.41) is 0. The van der Waals surface area contributed by atoms with Gasteiger partial charge in [0, 0.05) is 19.6 Å². The first kappa shape index (κ1) is 10.7. The van der Waals surface area contributed by atoms with Gasteiger partial charge in [-0.1, -0.05) is 0 Å². The minimum absolute atomic E-state index is 0.299. The Kier molecular flexibility index (Phi) is 4.39. The predicted molar refractivity (Wildman–Crippen MR) is 51.7 cm³/mol. The Morgan fingerprint density at radius 3 is 2.62 bits per heavy atom. The molecule has 1 aliphatic rings. The molecule has 0 saturated carbocycles. The molecule has 0 spiro atoms. The Hall–Kier alpha value is -0.410. The Labute approximate surface area is 80.1 Å². The van der Waals surface area contributed by atoms with Gasteiger partial charge in [0.1, 0.15) is 6.29 Å². The monoisotopic (exact) mass is 185 g/mol. The SMILES string of the molecule is COC(C)CN1CCC(C=O)CC1. The highest BCUT2D eigenvalue weighted by molar-refractivity contribution is 5.53. The third kappa shape index (κ3) is 3.44. The smallest absolute Gasteiger partial charge is 0.123 e. The number of ether oxygens (including phenoxy) is 1. The zero-order valence-electron chi connectivity index (χ0n) is 8.53. The summed E-state index contributed by atoms with van der Waals surface area (Å²) in [6.07, 6.45) is 3.42. The first-order chi connectivity index (χ1) is 6.26. The van der Waals surface area contributed by atoms with Gasteiger partial charge in [0.05, 0.1) is 6.10 Å². The molecule has 1 unspecified atom stereocenters. The molecule has 1 fully saturated rings. The van der Waals surface area contributed by atoms with Gasteiger partial charge in [0.15, 0.2) is 0 Å². The van der Waals surface area contributed by atoms with Crippen LogP contribution in [0.15, 0.2) is 0 Å². The number of piperidine rings is 1. The Morgan fingerprint density at radius 1 is 1.54 bits per heavy atom. The Balaban J connectivity index is 2.20. The fourth-order valence-corrected chi connectivity index (χ4v) is 1.71. The van der Waals surface area contributed by atoms with E-state index in [1.807, 2.05) is 0 Å². The van der Waals surface area contributed by atoms with E-state index in [1.165, 1.54) is 0 Å². The van der Waals surface area contributed by atoms with Gasteiger partial charge < -0.3 is 14.4 Å². The molecular weight excluding hydrogens is 166 g/mol. The van der Waals surface area contributed by atoms with E-state index in [4.69, 9.17) is 4.74 Å². The number of likely N-dealkylation sites (tertiary alicyclic amines) is 1. The molecule has 76 valence electrons. The lowest BCUT2D eigenvalue weighted by Crippen LogP contribution is -2.38. The fraction of sp³-hybridized carbons (Fsp3) is 0.900. The van der Waals surface area contributed by atoms with Crippen LogP contribution in [0, 0.1) is 5.92 Å². The van der Waals surface area contributed by atoms with E-state index in [-0.39, 0.29) is 0 Å². The zero-order chi connectivity index (χ0) is 9.68. The molecule has 3 heteroatoms. The highest BCUT2D eigenvalue weighted by Gasteiger charge is 2.19. The van der Waals surface area contributed by atoms with E-state index in [0.717, 1.165) is 38.8 Å². The second-order valence-corrected chi connectivity index (χ2v) is 3.82. The molecule has 0 radical (unpaired) electrons. The van der Waals surface area contributed by atoms with Gasteiger partial charge in [0.2, 0.25) is 0 Å². The molecule has 1 aliphatic heterocycles. The number of nitrogens with zero attached hydrogens (tertiary/aromatic N) is 1. The van der Waals surface area contributed by atoms with Crippen LogP contribution in [-0.4, -0.2) is 44.0 Å². The lowest BCUT2D eigenvalue weighted by Gasteiger charge is -2.31. The Morgan fingerprint density at radius 2 is 2.15 bits per heavy atom. The van der Waals surface area contributed by atoms with Crippen LogP contribution in [-0.2, 0) is 9.53 Å². The number of methoxy groups -OCH3 is 1. The molecule has 0 N–H and O–H groups in total. The highest BCUT2D eigenvalue weighted by atomic mass is 16.5. The minimum Gasteiger partial charge on any atom is -0.380 e. The minimum atomic E-state index is 0.299. The largest absolute Gasteiger partial charge is 0.380 e. The van der Waals surface area contributed by atoms with Crippen LogP contribution >= 0.6 is 0 Å². The lowest BCUT2D eigenvalue weighted by molar-refractivity contribution is -0.112. The van der Waals surface area contributed by atoms with E-state index in [0.29, 0.717) is 12.0 Å². The van der Waals surface area contributed by atoms with Gasteiger partial charge in [-0.3, -0.25) is 0 Å². The number of rotatable bonds is 4. The normalized spacial score (nSPS) is 22.9. The van der Waals surface area contributed by atoms with Crippen molar-refractivity contribution >= 4 is 6.29 Å². The van der Waals surface area contributed by atoms with Crippen molar-refractivity contribution in [2.45, 2.75) is 25.9 Å². The van der Waals surface area contributed by atoms with E-state index in [9.17, 15) is 4.79 Å². The van der Waals surface area contributed by atoms with Crippen LogP contribution in [0.4, 0.5) is 0 Å². The van der Waals surface area contributed by atoms with Crippen molar-refractivity contribution in [2.24, 2.45) is 5.92 Å². The maximum Gasteiger partial charge on any atom is 0.123 e. The topological polar surface area (TPSA) is 29.5 Å². The fourth-order valence-electron chi connectivity index (χ4n) is 1.71. The average molecular weight is 185 g/mol. The summed E-state index contributed by atoms with van der Waals surface area (Å²) in [5.41, 5.74) is 0. The molecule has 13 heavy (non-hydrogen) atoms. The molecule has 0 bridgehead atoms. The summed E-state index contributed by atoms with van der Waals surface area (Å²) < 4.78 is 5.19. The zero-order valence-corrected chi connectivity index (χ0v) is 8.53. The predicted octanol–water partition coefficient (Wildman–Crippen LogP) is 0.932. The van der Waals surface area contributed by atoms with Crippen molar-refractivity contribution in [2.75, 3.05) is 26.7 Å². The van der Waals surface area contributed by atoms with Crippen LogP contribution in [0.5, 0.6) is 0 Å². The van der Waals surface area contributed by atoms with Crippen molar-refractivity contribution in [1.29, 1.82) is 0 Å². The number of carbonyl (C=O) groups is 1. The van der Waals surface area contributed by atoms with Gasteiger partial charge in [0.25, 0.3) is 0 Å². The third-order valence-electron chi connectivity index (χ3n) is 2.74. The van der Waals surface area contributed by atoms with E-state index in [1.54, 1.807) is 7.11 Å². The maximum atomic E-state index is 10.5. The highest BCUT2D eigenvalue weighted by Crippen LogP contribution is 2.14. The maximum absolute atomic E-state index is 10.5. The first-order valence-electron chi connectivity index (χ1n) is 4.96. The molecular formula is C10H19NO2.